The number of hydrogen-bond acceptors (Lipinski definition) is 4. The molecule has 0 spiro atoms. The van der Waals surface area contributed by atoms with Gasteiger partial charge in [-0.1, -0.05) is 44.2 Å². The van der Waals surface area contributed by atoms with E-state index in [1.807, 2.05) is 35.0 Å². The normalized spacial score (nSPS) is 14.6. The highest BCUT2D eigenvalue weighted by molar-refractivity contribution is 5.32. The molecule has 0 bridgehead atoms. The van der Waals surface area contributed by atoms with E-state index in [-0.39, 0.29) is 6.04 Å². The molecule has 2 atom stereocenters. The van der Waals surface area contributed by atoms with Gasteiger partial charge in [0.1, 0.15) is 0 Å². The standard InChI is InChI=1S/C14H21N5/c1-10(2)11(3)14(17-15)13-9-16-18-19(13)12-7-5-4-6-8-12/h4-11,14,17H,15H2,1-3H3. The van der Waals surface area contributed by atoms with Crippen molar-refractivity contribution in [1.82, 2.24) is 20.4 Å². The van der Waals surface area contributed by atoms with Crippen molar-refractivity contribution >= 4 is 0 Å². The maximum Gasteiger partial charge on any atom is 0.0831 e. The third-order valence-electron chi connectivity index (χ3n) is 3.65. The Hall–Kier alpha value is -1.72. The summed E-state index contributed by atoms with van der Waals surface area (Å²) in [6.45, 7) is 6.55. The van der Waals surface area contributed by atoms with Crippen LogP contribution in [0, 0.1) is 11.8 Å². The molecule has 102 valence electrons. The minimum atomic E-state index is 0.0233. The molecule has 0 aliphatic heterocycles. The van der Waals surface area contributed by atoms with E-state index in [4.69, 9.17) is 5.84 Å². The van der Waals surface area contributed by atoms with Gasteiger partial charge < -0.3 is 0 Å². The van der Waals surface area contributed by atoms with Crippen molar-refractivity contribution in [3.63, 3.8) is 0 Å². The molecule has 0 saturated carbocycles. The lowest BCUT2D eigenvalue weighted by atomic mass is 9.89. The highest BCUT2D eigenvalue weighted by atomic mass is 15.4. The summed E-state index contributed by atoms with van der Waals surface area (Å²) in [6.07, 6.45) is 1.77. The van der Waals surface area contributed by atoms with E-state index in [0.29, 0.717) is 11.8 Å². The number of para-hydroxylation sites is 1. The molecule has 19 heavy (non-hydrogen) atoms. The first-order valence-corrected chi connectivity index (χ1v) is 6.57. The number of nitrogens with zero attached hydrogens (tertiary/aromatic N) is 3. The monoisotopic (exact) mass is 259 g/mol. The molecule has 3 N–H and O–H groups in total. The number of nitrogens with one attached hydrogen (secondary N) is 1. The van der Waals surface area contributed by atoms with Crippen LogP contribution in [0.5, 0.6) is 0 Å². The molecule has 0 amide bonds. The summed E-state index contributed by atoms with van der Waals surface area (Å²) in [7, 11) is 0. The van der Waals surface area contributed by atoms with E-state index in [9.17, 15) is 0 Å². The Morgan fingerprint density at radius 2 is 1.84 bits per heavy atom. The number of rotatable bonds is 5. The molecule has 2 aromatic rings. The molecule has 2 unspecified atom stereocenters. The van der Waals surface area contributed by atoms with Crippen LogP contribution in [0.15, 0.2) is 36.5 Å². The van der Waals surface area contributed by atoms with Crippen molar-refractivity contribution in [3.05, 3.63) is 42.2 Å². The van der Waals surface area contributed by atoms with Gasteiger partial charge in [0, 0.05) is 0 Å². The van der Waals surface area contributed by atoms with E-state index in [0.717, 1.165) is 11.4 Å². The molecule has 0 saturated heterocycles. The summed E-state index contributed by atoms with van der Waals surface area (Å²) in [5.74, 6) is 6.63. The van der Waals surface area contributed by atoms with E-state index in [1.54, 1.807) is 6.20 Å². The first-order valence-electron chi connectivity index (χ1n) is 6.57. The van der Waals surface area contributed by atoms with Crippen LogP contribution < -0.4 is 11.3 Å². The van der Waals surface area contributed by atoms with Crippen LogP contribution in [0.3, 0.4) is 0 Å². The Balaban J connectivity index is 2.38. The molecular formula is C14H21N5. The van der Waals surface area contributed by atoms with Gasteiger partial charge in [0.15, 0.2) is 0 Å². The number of benzene rings is 1. The van der Waals surface area contributed by atoms with Crippen molar-refractivity contribution in [2.45, 2.75) is 26.8 Å². The first kappa shape index (κ1) is 13.7. The van der Waals surface area contributed by atoms with E-state index in [1.165, 1.54) is 0 Å². The lowest BCUT2D eigenvalue weighted by Crippen LogP contribution is -2.35. The fraction of sp³-hybridized carbons (Fsp3) is 0.429. The molecule has 1 aromatic carbocycles. The van der Waals surface area contributed by atoms with Crippen LogP contribution in [0.1, 0.15) is 32.5 Å². The summed E-state index contributed by atoms with van der Waals surface area (Å²) in [5, 5.41) is 8.19. The number of nitrogens with two attached hydrogens (primary N) is 1. The molecular weight excluding hydrogens is 238 g/mol. The van der Waals surface area contributed by atoms with Crippen LogP contribution in [0.4, 0.5) is 0 Å². The van der Waals surface area contributed by atoms with Gasteiger partial charge in [-0.25, -0.2) is 4.68 Å². The minimum Gasteiger partial charge on any atom is -0.271 e. The molecule has 5 heteroatoms. The van der Waals surface area contributed by atoms with Gasteiger partial charge in [0.25, 0.3) is 0 Å². The highest BCUT2D eigenvalue weighted by Crippen LogP contribution is 2.27. The zero-order chi connectivity index (χ0) is 13.8. The van der Waals surface area contributed by atoms with Gasteiger partial charge in [-0.2, -0.15) is 0 Å². The first-order chi connectivity index (χ1) is 9.15. The average molecular weight is 259 g/mol. The van der Waals surface area contributed by atoms with Crippen molar-refractivity contribution in [2.75, 3.05) is 0 Å². The van der Waals surface area contributed by atoms with Crippen LogP contribution in [-0.4, -0.2) is 15.0 Å². The van der Waals surface area contributed by atoms with Gasteiger partial charge in [-0.05, 0) is 24.0 Å². The Labute approximate surface area is 113 Å². The number of hydrazine groups is 1. The predicted octanol–water partition coefficient (Wildman–Crippen LogP) is 2.06. The Morgan fingerprint density at radius 3 is 2.42 bits per heavy atom. The lowest BCUT2D eigenvalue weighted by molar-refractivity contribution is 0.297. The van der Waals surface area contributed by atoms with Gasteiger partial charge in [0.2, 0.25) is 0 Å². The molecule has 0 aliphatic rings. The Bertz CT molecular complexity index is 506. The second kappa shape index (κ2) is 5.95. The van der Waals surface area contributed by atoms with Gasteiger partial charge in [-0.15, -0.1) is 5.10 Å². The lowest BCUT2D eigenvalue weighted by Gasteiger charge is -2.26. The Kier molecular flexibility index (Phi) is 4.29. The number of aromatic nitrogens is 3. The van der Waals surface area contributed by atoms with Crippen LogP contribution in [0.25, 0.3) is 5.69 Å². The van der Waals surface area contributed by atoms with Crippen molar-refractivity contribution in [3.8, 4) is 5.69 Å². The van der Waals surface area contributed by atoms with E-state index < -0.39 is 0 Å². The average Bonchev–Trinajstić information content (AvgIpc) is 2.89. The quantitative estimate of drug-likeness (QED) is 0.637. The summed E-state index contributed by atoms with van der Waals surface area (Å²) in [5.41, 5.74) is 4.87. The SMILES string of the molecule is CC(C)C(C)C(NN)c1cnnn1-c1ccccc1. The zero-order valence-electron chi connectivity index (χ0n) is 11.6. The largest absolute Gasteiger partial charge is 0.271 e. The Morgan fingerprint density at radius 1 is 1.16 bits per heavy atom. The highest BCUT2D eigenvalue weighted by Gasteiger charge is 2.25. The smallest absolute Gasteiger partial charge is 0.0831 e. The molecule has 0 radical (unpaired) electrons. The summed E-state index contributed by atoms with van der Waals surface area (Å²) in [6, 6.07) is 9.98. The predicted molar refractivity (Wildman–Crippen MR) is 75.4 cm³/mol. The zero-order valence-corrected chi connectivity index (χ0v) is 11.6. The van der Waals surface area contributed by atoms with Crippen LogP contribution >= 0.6 is 0 Å². The minimum absolute atomic E-state index is 0.0233. The van der Waals surface area contributed by atoms with Crippen molar-refractivity contribution in [2.24, 2.45) is 17.7 Å². The molecule has 5 nitrogen and oxygen atoms in total. The third kappa shape index (κ3) is 2.83. The molecule has 0 aliphatic carbocycles. The number of hydrogen-bond donors (Lipinski definition) is 2. The van der Waals surface area contributed by atoms with Crippen LogP contribution in [-0.2, 0) is 0 Å². The fourth-order valence-electron chi connectivity index (χ4n) is 2.12. The van der Waals surface area contributed by atoms with E-state index in [2.05, 4.69) is 36.5 Å². The molecule has 1 heterocycles. The second-order valence-electron chi connectivity index (χ2n) is 5.15. The topological polar surface area (TPSA) is 68.8 Å². The third-order valence-corrected chi connectivity index (χ3v) is 3.65. The summed E-state index contributed by atoms with van der Waals surface area (Å²) in [4.78, 5) is 0. The maximum absolute atomic E-state index is 5.73. The fourth-order valence-corrected chi connectivity index (χ4v) is 2.12. The van der Waals surface area contributed by atoms with Gasteiger partial charge in [-0.3, -0.25) is 11.3 Å². The summed E-state index contributed by atoms with van der Waals surface area (Å²) >= 11 is 0. The summed E-state index contributed by atoms with van der Waals surface area (Å²) < 4.78 is 1.84. The van der Waals surface area contributed by atoms with Gasteiger partial charge in [0.05, 0.1) is 23.6 Å². The van der Waals surface area contributed by atoms with Crippen molar-refractivity contribution < 1.29 is 0 Å². The van der Waals surface area contributed by atoms with Gasteiger partial charge >= 0.3 is 0 Å². The molecule has 2 rings (SSSR count). The van der Waals surface area contributed by atoms with Crippen LogP contribution in [0.2, 0.25) is 0 Å². The van der Waals surface area contributed by atoms with E-state index >= 15 is 0 Å². The maximum atomic E-state index is 5.73. The molecule has 1 aromatic heterocycles. The molecule has 0 fully saturated rings. The van der Waals surface area contributed by atoms with Crippen molar-refractivity contribution in [1.29, 1.82) is 0 Å². The second-order valence-corrected chi connectivity index (χ2v) is 5.15.